The number of ether oxygens (including phenoxy) is 2. The minimum absolute atomic E-state index is 0.126. The van der Waals surface area contributed by atoms with E-state index in [1.807, 2.05) is 25.1 Å². The number of thioether (sulfide) groups is 1. The third kappa shape index (κ3) is 5.29. The Balaban J connectivity index is 1.58. The number of benzene rings is 2. The predicted octanol–water partition coefficient (Wildman–Crippen LogP) is 4.06. The molecule has 2 N–H and O–H groups in total. The highest BCUT2D eigenvalue weighted by Gasteiger charge is 2.11. The molecule has 6 nitrogen and oxygen atoms in total. The fourth-order valence-corrected chi connectivity index (χ4v) is 3.45. The van der Waals surface area contributed by atoms with Crippen LogP contribution in [-0.4, -0.2) is 35.8 Å². The minimum atomic E-state index is -0.126. The lowest BCUT2D eigenvalue weighted by molar-refractivity contribution is -0.113. The number of imidazole rings is 1. The lowest BCUT2D eigenvalue weighted by Crippen LogP contribution is -2.14. The zero-order valence-electron chi connectivity index (χ0n) is 16.1. The molecule has 0 aliphatic heterocycles. The first-order chi connectivity index (χ1) is 13.6. The van der Waals surface area contributed by atoms with Crippen LogP contribution in [0.4, 0.5) is 5.69 Å². The van der Waals surface area contributed by atoms with Gasteiger partial charge in [-0.1, -0.05) is 42.1 Å². The van der Waals surface area contributed by atoms with Gasteiger partial charge in [-0.3, -0.25) is 4.79 Å². The minimum Gasteiger partial charge on any atom is -0.497 e. The molecule has 0 fully saturated rings. The molecule has 146 valence electrons. The van der Waals surface area contributed by atoms with Gasteiger partial charge in [-0.05, 0) is 12.5 Å². The molecule has 0 atom stereocenters. The number of carbonyl (C=O) groups is 1. The summed E-state index contributed by atoms with van der Waals surface area (Å²) in [7, 11) is 3.14. The molecule has 1 aromatic heterocycles. The Labute approximate surface area is 168 Å². The first-order valence-corrected chi connectivity index (χ1v) is 9.81. The molecule has 1 amide bonds. The van der Waals surface area contributed by atoms with Crippen molar-refractivity contribution in [1.29, 1.82) is 0 Å². The van der Waals surface area contributed by atoms with E-state index in [4.69, 9.17) is 9.47 Å². The van der Waals surface area contributed by atoms with Crippen molar-refractivity contribution in [3.63, 3.8) is 0 Å². The molecule has 3 rings (SSSR count). The Morgan fingerprint density at radius 1 is 1.11 bits per heavy atom. The highest BCUT2D eigenvalue weighted by atomic mass is 32.2. The molecule has 28 heavy (non-hydrogen) atoms. The van der Waals surface area contributed by atoms with E-state index in [0.717, 1.165) is 23.0 Å². The van der Waals surface area contributed by atoms with Gasteiger partial charge in [-0.2, -0.15) is 0 Å². The van der Waals surface area contributed by atoms with E-state index in [1.165, 1.54) is 17.3 Å². The number of aromatic amines is 1. The third-order valence-corrected chi connectivity index (χ3v) is 5.03. The summed E-state index contributed by atoms with van der Waals surface area (Å²) in [5.74, 6) is 1.36. The van der Waals surface area contributed by atoms with Gasteiger partial charge in [0.2, 0.25) is 5.91 Å². The van der Waals surface area contributed by atoms with E-state index in [9.17, 15) is 4.79 Å². The van der Waals surface area contributed by atoms with Gasteiger partial charge < -0.3 is 19.8 Å². The van der Waals surface area contributed by atoms with Crippen LogP contribution in [-0.2, 0) is 11.2 Å². The van der Waals surface area contributed by atoms with Crippen LogP contribution in [0.3, 0.4) is 0 Å². The lowest BCUT2D eigenvalue weighted by atomic mass is 10.1. The molecule has 0 bridgehead atoms. The second-order valence-corrected chi connectivity index (χ2v) is 7.18. The topological polar surface area (TPSA) is 76.2 Å². The summed E-state index contributed by atoms with van der Waals surface area (Å²) in [6.07, 6.45) is 0.763. The van der Waals surface area contributed by atoms with Crippen LogP contribution < -0.4 is 14.8 Å². The van der Waals surface area contributed by atoms with Crippen LogP contribution in [0.1, 0.15) is 17.0 Å². The number of nitrogens with one attached hydrogen (secondary N) is 2. The molecular formula is C21H23N3O3S. The quantitative estimate of drug-likeness (QED) is 0.561. The van der Waals surface area contributed by atoms with Crippen molar-refractivity contribution in [3.8, 4) is 11.5 Å². The summed E-state index contributed by atoms with van der Waals surface area (Å²) >= 11 is 1.37. The van der Waals surface area contributed by atoms with E-state index >= 15 is 0 Å². The SMILES string of the molecule is COc1cc(NC(=O)CSc2nc(Cc3ccccc3)c(C)[nH]2)cc(OC)c1. The van der Waals surface area contributed by atoms with Gasteiger partial charge in [0.25, 0.3) is 0 Å². The Bertz CT molecular complexity index is 919. The van der Waals surface area contributed by atoms with Gasteiger partial charge in [-0.25, -0.2) is 4.98 Å². The summed E-state index contributed by atoms with van der Waals surface area (Å²) in [6.45, 7) is 2.00. The largest absolute Gasteiger partial charge is 0.497 e. The van der Waals surface area contributed by atoms with Crippen LogP contribution in [0, 0.1) is 6.92 Å². The molecule has 7 heteroatoms. The zero-order chi connectivity index (χ0) is 19.9. The number of aryl methyl sites for hydroxylation is 1. The highest BCUT2D eigenvalue weighted by Crippen LogP contribution is 2.26. The number of hydrogen-bond acceptors (Lipinski definition) is 5. The van der Waals surface area contributed by atoms with Crippen molar-refractivity contribution >= 4 is 23.4 Å². The first-order valence-electron chi connectivity index (χ1n) is 8.82. The average Bonchev–Trinajstić information content (AvgIpc) is 3.06. The fourth-order valence-electron chi connectivity index (χ4n) is 2.71. The van der Waals surface area contributed by atoms with E-state index < -0.39 is 0 Å². The molecule has 0 unspecified atom stereocenters. The standard InChI is InChI=1S/C21H23N3O3S/c1-14-19(9-15-7-5-4-6-8-15)24-21(22-14)28-13-20(25)23-16-10-17(26-2)12-18(11-16)27-3/h4-8,10-12H,9,13H2,1-3H3,(H,22,24)(H,23,25). The Morgan fingerprint density at radius 2 is 1.79 bits per heavy atom. The Morgan fingerprint density at radius 3 is 2.43 bits per heavy atom. The average molecular weight is 398 g/mol. The number of hydrogen-bond donors (Lipinski definition) is 2. The Hall–Kier alpha value is -2.93. The van der Waals surface area contributed by atoms with Gasteiger partial charge in [0.1, 0.15) is 11.5 Å². The van der Waals surface area contributed by atoms with Crippen LogP contribution in [0.5, 0.6) is 11.5 Å². The number of H-pyrrole nitrogens is 1. The smallest absolute Gasteiger partial charge is 0.234 e. The molecular weight excluding hydrogens is 374 g/mol. The number of aromatic nitrogens is 2. The van der Waals surface area contributed by atoms with Gasteiger partial charge in [0, 0.05) is 36.0 Å². The van der Waals surface area contributed by atoms with Crippen molar-refractivity contribution in [2.24, 2.45) is 0 Å². The van der Waals surface area contributed by atoms with Crippen molar-refractivity contribution < 1.29 is 14.3 Å². The van der Waals surface area contributed by atoms with Crippen molar-refractivity contribution in [2.75, 3.05) is 25.3 Å². The zero-order valence-corrected chi connectivity index (χ0v) is 16.9. The van der Waals surface area contributed by atoms with Crippen LogP contribution >= 0.6 is 11.8 Å². The molecule has 0 aliphatic carbocycles. The van der Waals surface area contributed by atoms with E-state index in [2.05, 4.69) is 27.4 Å². The van der Waals surface area contributed by atoms with Gasteiger partial charge in [-0.15, -0.1) is 0 Å². The maximum Gasteiger partial charge on any atom is 0.234 e. The van der Waals surface area contributed by atoms with E-state index in [1.54, 1.807) is 32.4 Å². The number of nitrogens with zero attached hydrogens (tertiary/aromatic N) is 1. The molecule has 0 spiro atoms. The molecule has 1 heterocycles. The first kappa shape index (κ1) is 19.8. The van der Waals surface area contributed by atoms with Gasteiger partial charge in [0.05, 0.1) is 25.7 Å². The van der Waals surface area contributed by atoms with Crippen LogP contribution in [0.15, 0.2) is 53.7 Å². The number of anilines is 1. The third-order valence-electron chi connectivity index (χ3n) is 4.15. The van der Waals surface area contributed by atoms with Crippen LogP contribution in [0.2, 0.25) is 0 Å². The summed E-state index contributed by atoms with van der Waals surface area (Å²) in [4.78, 5) is 20.2. The molecule has 3 aromatic rings. The maximum absolute atomic E-state index is 12.3. The van der Waals surface area contributed by atoms with E-state index in [-0.39, 0.29) is 11.7 Å². The lowest BCUT2D eigenvalue weighted by Gasteiger charge is -2.09. The summed E-state index contributed by atoms with van der Waals surface area (Å²) in [5, 5.41) is 3.60. The Kier molecular flexibility index (Phi) is 6.60. The monoisotopic (exact) mass is 397 g/mol. The normalized spacial score (nSPS) is 10.5. The summed E-state index contributed by atoms with van der Waals surface area (Å²) < 4.78 is 10.4. The number of carbonyl (C=O) groups excluding carboxylic acids is 1. The molecule has 0 saturated carbocycles. The number of methoxy groups -OCH3 is 2. The van der Waals surface area contributed by atoms with Crippen molar-refractivity contribution in [1.82, 2.24) is 9.97 Å². The second-order valence-electron chi connectivity index (χ2n) is 6.21. The van der Waals surface area contributed by atoms with Crippen molar-refractivity contribution in [2.45, 2.75) is 18.5 Å². The predicted molar refractivity (Wildman–Crippen MR) is 111 cm³/mol. The molecule has 2 aromatic carbocycles. The van der Waals surface area contributed by atoms with E-state index in [0.29, 0.717) is 17.2 Å². The fraction of sp³-hybridized carbons (Fsp3) is 0.238. The molecule has 0 aliphatic rings. The van der Waals surface area contributed by atoms with Crippen molar-refractivity contribution in [3.05, 3.63) is 65.5 Å². The molecule has 0 saturated heterocycles. The number of rotatable bonds is 8. The highest BCUT2D eigenvalue weighted by molar-refractivity contribution is 7.99. The number of amides is 1. The molecule has 0 radical (unpaired) electrons. The second kappa shape index (κ2) is 9.32. The van der Waals surface area contributed by atoms with Gasteiger partial charge >= 0.3 is 0 Å². The summed E-state index contributed by atoms with van der Waals surface area (Å²) in [5.41, 5.74) is 3.84. The van der Waals surface area contributed by atoms with Crippen LogP contribution in [0.25, 0.3) is 0 Å². The van der Waals surface area contributed by atoms with Gasteiger partial charge in [0.15, 0.2) is 5.16 Å². The summed E-state index contributed by atoms with van der Waals surface area (Å²) in [6, 6.07) is 15.5. The maximum atomic E-state index is 12.3.